The number of nitrogens with one attached hydrogen (secondary N) is 2. The molecule has 1 aromatic carbocycles. The molecule has 31 heavy (non-hydrogen) atoms. The van der Waals surface area contributed by atoms with E-state index < -0.39 is 12.2 Å². The molecule has 1 aliphatic carbocycles. The summed E-state index contributed by atoms with van der Waals surface area (Å²) in [7, 11) is 0. The van der Waals surface area contributed by atoms with E-state index in [1.807, 2.05) is 6.07 Å². The van der Waals surface area contributed by atoms with Gasteiger partial charge >= 0.3 is 6.03 Å². The lowest BCUT2D eigenvalue weighted by Gasteiger charge is -2.34. The third kappa shape index (κ3) is 6.04. The lowest BCUT2D eigenvalue weighted by molar-refractivity contribution is -0.113. The lowest BCUT2D eigenvalue weighted by atomic mass is 9.96. The SMILES string of the molecule is O=C(NCC1OC(Cc2cc(-c3ccc(F)cc3)on2)CCC1O)NC1CCCCC1. The number of amides is 2. The van der Waals surface area contributed by atoms with Gasteiger partial charge in [0.2, 0.25) is 0 Å². The molecule has 2 aromatic rings. The Morgan fingerprint density at radius 2 is 1.90 bits per heavy atom. The van der Waals surface area contributed by atoms with Crippen molar-refractivity contribution in [3.63, 3.8) is 0 Å². The minimum atomic E-state index is -0.613. The van der Waals surface area contributed by atoms with Gasteiger partial charge in [-0.2, -0.15) is 0 Å². The number of aliphatic hydroxyl groups excluding tert-OH is 1. The Kier molecular flexibility index (Phi) is 7.19. The summed E-state index contributed by atoms with van der Waals surface area (Å²) in [6, 6.07) is 7.91. The molecular weight excluding hydrogens is 401 g/mol. The van der Waals surface area contributed by atoms with E-state index in [-0.39, 0.29) is 30.5 Å². The fourth-order valence-electron chi connectivity index (χ4n) is 4.35. The molecule has 0 bridgehead atoms. The molecule has 1 saturated carbocycles. The van der Waals surface area contributed by atoms with Gasteiger partial charge in [-0.3, -0.25) is 0 Å². The number of benzene rings is 1. The number of hydrogen-bond acceptors (Lipinski definition) is 5. The maximum atomic E-state index is 13.1. The zero-order chi connectivity index (χ0) is 21.6. The van der Waals surface area contributed by atoms with E-state index in [1.165, 1.54) is 18.6 Å². The third-order valence-corrected chi connectivity index (χ3v) is 6.11. The van der Waals surface area contributed by atoms with Crippen molar-refractivity contribution in [1.82, 2.24) is 15.8 Å². The summed E-state index contributed by atoms with van der Waals surface area (Å²) >= 11 is 0. The van der Waals surface area contributed by atoms with Crippen LogP contribution in [-0.2, 0) is 11.2 Å². The molecule has 2 fully saturated rings. The summed E-state index contributed by atoms with van der Waals surface area (Å²) in [5.74, 6) is 0.271. The van der Waals surface area contributed by atoms with Gasteiger partial charge in [0.25, 0.3) is 0 Å². The molecule has 8 heteroatoms. The molecule has 168 valence electrons. The molecule has 3 N–H and O–H groups in total. The smallest absolute Gasteiger partial charge is 0.315 e. The summed E-state index contributed by atoms with van der Waals surface area (Å²) in [6.07, 6.45) is 6.24. The van der Waals surface area contributed by atoms with Crippen LogP contribution in [0.2, 0.25) is 0 Å². The number of aliphatic hydroxyl groups is 1. The number of urea groups is 1. The van der Waals surface area contributed by atoms with Crippen molar-refractivity contribution in [2.45, 2.75) is 75.7 Å². The van der Waals surface area contributed by atoms with Gasteiger partial charge in [0.05, 0.1) is 17.9 Å². The Balaban J connectivity index is 1.26. The maximum Gasteiger partial charge on any atom is 0.315 e. The second-order valence-electron chi connectivity index (χ2n) is 8.52. The second-order valence-corrected chi connectivity index (χ2v) is 8.52. The minimum Gasteiger partial charge on any atom is -0.390 e. The van der Waals surface area contributed by atoms with Gasteiger partial charge in [-0.05, 0) is 49.9 Å². The molecule has 1 aliphatic heterocycles. The Hall–Kier alpha value is -2.45. The maximum absolute atomic E-state index is 13.1. The summed E-state index contributed by atoms with van der Waals surface area (Å²) in [4.78, 5) is 12.2. The Morgan fingerprint density at radius 1 is 1.13 bits per heavy atom. The first kappa shape index (κ1) is 21.8. The zero-order valence-corrected chi connectivity index (χ0v) is 17.6. The van der Waals surface area contributed by atoms with Gasteiger partial charge in [0, 0.05) is 30.6 Å². The lowest BCUT2D eigenvalue weighted by Crippen LogP contribution is -2.50. The van der Waals surface area contributed by atoms with Crippen LogP contribution in [-0.4, -0.2) is 47.2 Å². The van der Waals surface area contributed by atoms with Crippen LogP contribution in [0.5, 0.6) is 0 Å². The first-order valence-electron chi connectivity index (χ1n) is 11.2. The van der Waals surface area contributed by atoms with Crippen LogP contribution in [0.25, 0.3) is 11.3 Å². The Morgan fingerprint density at radius 3 is 2.68 bits per heavy atom. The molecule has 3 unspecified atom stereocenters. The van der Waals surface area contributed by atoms with Crippen LogP contribution in [0.4, 0.5) is 9.18 Å². The van der Waals surface area contributed by atoms with Crippen molar-refractivity contribution in [3.8, 4) is 11.3 Å². The molecule has 1 aromatic heterocycles. The number of aromatic nitrogens is 1. The van der Waals surface area contributed by atoms with Gasteiger partial charge in [-0.25, -0.2) is 9.18 Å². The molecule has 3 atom stereocenters. The van der Waals surface area contributed by atoms with Gasteiger partial charge in [-0.1, -0.05) is 24.4 Å². The molecule has 0 radical (unpaired) electrons. The van der Waals surface area contributed by atoms with Crippen LogP contribution in [0, 0.1) is 5.82 Å². The van der Waals surface area contributed by atoms with Crippen LogP contribution in [0.1, 0.15) is 50.6 Å². The monoisotopic (exact) mass is 431 g/mol. The Bertz CT molecular complexity index is 851. The van der Waals surface area contributed by atoms with Crippen LogP contribution < -0.4 is 10.6 Å². The van der Waals surface area contributed by atoms with Crippen molar-refractivity contribution in [2.24, 2.45) is 0 Å². The predicted octanol–water partition coefficient (Wildman–Crippen LogP) is 3.56. The van der Waals surface area contributed by atoms with E-state index in [0.717, 1.165) is 36.9 Å². The van der Waals surface area contributed by atoms with Crippen LogP contribution in [0.15, 0.2) is 34.9 Å². The summed E-state index contributed by atoms with van der Waals surface area (Å²) in [5.41, 5.74) is 1.49. The summed E-state index contributed by atoms with van der Waals surface area (Å²) < 4.78 is 24.5. The van der Waals surface area contributed by atoms with E-state index in [9.17, 15) is 14.3 Å². The number of hydrogen-bond donors (Lipinski definition) is 3. The molecule has 1 saturated heterocycles. The van der Waals surface area contributed by atoms with Gasteiger partial charge in [0.1, 0.15) is 11.9 Å². The first-order chi connectivity index (χ1) is 15.1. The van der Waals surface area contributed by atoms with Crippen molar-refractivity contribution in [1.29, 1.82) is 0 Å². The first-order valence-corrected chi connectivity index (χ1v) is 11.2. The summed E-state index contributed by atoms with van der Waals surface area (Å²) in [6.45, 7) is 0.260. The highest BCUT2D eigenvalue weighted by atomic mass is 19.1. The third-order valence-electron chi connectivity index (χ3n) is 6.11. The van der Waals surface area contributed by atoms with Crippen molar-refractivity contribution < 1.29 is 23.6 Å². The highest BCUT2D eigenvalue weighted by Crippen LogP contribution is 2.25. The van der Waals surface area contributed by atoms with Crippen molar-refractivity contribution >= 4 is 6.03 Å². The topological polar surface area (TPSA) is 96.6 Å². The standard InChI is InChI=1S/C23H30FN3O4/c24-16-8-6-15(7-9-16)21-13-18(27-31-21)12-19-10-11-20(28)22(30-19)14-25-23(29)26-17-4-2-1-3-5-17/h6-9,13,17,19-20,22,28H,1-5,10-12,14H2,(H2,25,26,29). The normalized spacial score (nSPS) is 24.6. The van der Waals surface area contributed by atoms with Gasteiger partial charge in [-0.15, -0.1) is 0 Å². The predicted molar refractivity (Wildman–Crippen MR) is 113 cm³/mol. The van der Waals surface area contributed by atoms with E-state index in [1.54, 1.807) is 12.1 Å². The molecular formula is C23H30FN3O4. The molecule has 2 heterocycles. The van der Waals surface area contributed by atoms with E-state index >= 15 is 0 Å². The molecule has 0 spiro atoms. The van der Waals surface area contributed by atoms with E-state index in [2.05, 4.69) is 15.8 Å². The van der Waals surface area contributed by atoms with Crippen molar-refractivity contribution in [2.75, 3.05) is 6.54 Å². The second kappa shape index (κ2) is 10.2. The fraction of sp³-hybridized carbons (Fsp3) is 0.565. The zero-order valence-electron chi connectivity index (χ0n) is 17.6. The average Bonchev–Trinajstić information content (AvgIpc) is 3.24. The van der Waals surface area contributed by atoms with Crippen LogP contribution in [0.3, 0.4) is 0 Å². The number of rotatable bonds is 6. The number of carbonyl (C=O) groups excluding carboxylic acids is 1. The highest BCUT2D eigenvalue weighted by Gasteiger charge is 2.31. The number of carbonyl (C=O) groups is 1. The molecule has 7 nitrogen and oxygen atoms in total. The fourth-order valence-corrected chi connectivity index (χ4v) is 4.35. The molecule has 4 rings (SSSR count). The van der Waals surface area contributed by atoms with E-state index in [4.69, 9.17) is 9.26 Å². The van der Waals surface area contributed by atoms with E-state index in [0.29, 0.717) is 25.0 Å². The largest absolute Gasteiger partial charge is 0.390 e. The minimum absolute atomic E-state index is 0.122. The summed E-state index contributed by atoms with van der Waals surface area (Å²) in [5, 5.41) is 20.3. The number of halogens is 1. The average molecular weight is 432 g/mol. The quantitative estimate of drug-likeness (QED) is 0.650. The van der Waals surface area contributed by atoms with Gasteiger partial charge < -0.3 is 25.0 Å². The van der Waals surface area contributed by atoms with Crippen molar-refractivity contribution in [3.05, 3.63) is 41.8 Å². The van der Waals surface area contributed by atoms with Gasteiger partial charge in [0.15, 0.2) is 5.76 Å². The molecule has 2 amide bonds. The number of nitrogens with zero attached hydrogens (tertiary/aromatic N) is 1. The highest BCUT2D eigenvalue weighted by molar-refractivity contribution is 5.74. The van der Waals surface area contributed by atoms with Crippen LogP contribution >= 0.6 is 0 Å². The molecule has 2 aliphatic rings. The Labute approximate surface area is 181 Å². The number of ether oxygens (including phenoxy) is 1.